The summed E-state index contributed by atoms with van der Waals surface area (Å²) in [6, 6.07) is 35.2. The van der Waals surface area contributed by atoms with E-state index in [2.05, 4.69) is 76.2 Å². The van der Waals surface area contributed by atoms with Crippen molar-refractivity contribution in [3.63, 3.8) is 0 Å². The Bertz CT molecular complexity index is 1170. The van der Waals surface area contributed by atoms with Gasteiger partial charge in [0.2, 0.25) is 0 Å². The molecule has 1 saturated heterocycles. The second kappa shape index (κ2) is 9.96. The highest BCUT2D eigenvalue weighted by atomic mass is 18.2. The molecule has 4 aromatic rings. The first-order valence-electron chi connectivity index (χ1n) is 11.6. The van der Waals surface area contributed by atoms with E-state index in [0.29, 0.717) is 0 Å². The van der Waals surface area contributed by atoms with Gasteiger partial charge in [-0.1, -0.05) is 97.1 Å². The molecule has 4 aromatic carbocycles. The second-order valence-corrected chi connectivity index (χ2v) is 9.45. The molecule has 0 spiro atoms. The van der Waals surface area contributed by atoms with E-state index in [-0.39, 0.29) is 24.1 Å². The Balaban J connectivity index is 0.000000180. The zero-order chi connectivity index (χ0) is 24.2. The van der Waals surface area contributed by atoms with Crippen LogP contribution in [0.25, 0.3) is 22.3 Å². The Morgan fingerprint density at radius 2 is 0.853 bits per heavy atom. The average molecular weight is 451 g/mol. The maximum atomic E-state index is 12.6. The summed E-state index contributed by atoms with van der Waals surface area (Å²) in [5, 5.41) is 0. The zero-order valence-electron chi connectivity index (χ0n) is 20.2. The topological polar surface area (TPSA) is 18.5 Å². The first kappa shape index (κ1) is 23.9. The Morgan fingerprint density at radius 1 is 0.500 bits per heavy atom. The molecule has 0 N–H and O–H groups in total. The third kappa shape index (κ3) is 5.47. The largest absolute Gasteiger partial charge is 0.494 e. The van der Waals surface area contributed by atoms with Crippen molar-refractivity contribution in [1.82, 2.24) is 0 Å². The third-order valence-corrected chi connectivity index (χ3v) is 6.49. The summed E-state index contributed by atoms with van der Waals surface area (Å²) in [4.78, 5) is 0. The Hall–Kier alpha value is -3.21. The molecule has 34 heavy (non-hydrogen) atoms. The summed E-state index contributed by atoms with van der Waals surface area (Å²) in [6.07, 6.45) is 0. The number of benzene rings is 4. The Labute approximate surface area is 202 Å². The van der Waals surface area contributed by atoms with Gasteiger partial charge in [0, 0.05) is 0 Å². The minimum Gasteiger partial charge on any atom is -0.399 e. The van der Waals surface area contributed by atoms with Crippen LogP contribution in [-0.4, -0.2) is 18.3 Å². The fraction of sp³-hybridized carbons (Fsp3) is 0.200. The van der Waals surface area contributed by atoms with Gasteiger partial charge >= 0.3 is 7.12 Å². The first-order chi connectivity index (χ1) is 16.2. The van der Waals surface area contributed by atoms with Crippen LogP contribution in [0.1, 0.15) is 27.7 Å². The number of hydrogen-bond donors (Lipinski definition) is 0. The maximum absolute atomic E-state index is 12.6. The van der Waals surface area contributed by atoms with E-state index >= 15 is 0 Å². The number of hydrogen-bond acceptors (Lipinski definition) is 2. The van der Waals surface area contributed by atoms with Gasteiger partial charge in [-0.3, -0.25) is 0 Å². The van der Waals surface area contributed by atoms with Crippen molar-refractivity contribution in [2.45, 2.75) is 38.9 Å². The highest BCUT2D eigenvalue weighted by Crippen LogP contribution is 2.36. The second-order valence-electron chi connectivity index (χ2n) is 9.45. The van der Waals surface area contributed by atoms with Crippen LogP contribution in [0.2, 0.25) is 0 Å². The molecule has 1 heterocycles. The average Bonchev–Trinajstić information content (AvgIpc) is 3.08. The lowest BCUT2D eigenvalue weighted by atomic mass is 9.78. The number of rotatable bonds is 3. The van der Waals surface area contributed by atoms with Gasteiger partial charge in [0.05, 0.1) is 11.2 Å². The summed E-state index contributed by atoms with van der Waals surface area (Å²) < 4.78 is 24.7. The molecule has 0 aromatic heterocycles. The van der Waals surface area contributed by atoms with Crippen molar-refractivity contribution in [2.75, 3.05) is 0 Å². The lowest BCUT2D eigenvalue weighted by molar-refractivity contribution is 0.00578. The normalized spacial score (nSPS) is 16.0. The SMILES string of the molecule is CC1(C)OB(c2ccc(-c3ccccc3)cc2)OC1(C)C.[18F]c1ccc(-c2ccccc2)cc1. The molecule has 0 atom stereocenters. The monoisotopic (exact) mass is 451 g/mol. The van der Waals surface area contributed by atoms with E-state index in [0.717, 1.165) is 16.6 Å². The molecule has 2 nitrogen and oxygen atoms in total. The predicted molar refractivity (Wildman–Crippen MR) is 139 cm³/mol. The lowest BCUT2D eigenvalue weighted by Gasteiger charge is -2.32. The molecule has 1 aliphatic heterocycles. The predicted octanol–water partition coefficient (Wildman–Crippen LogP) is 7.15. The zero-order valence-corrected chi connectivity index (χ0v) is 20.2. The molecular weight excluding hydrogens is 421 g/mol. The van der Waals surface area contributed by atoms with Crippen LogP contribution >= 0.6 is 0 Å². The molecular formula is C30H30BFO2. The van der Waals surface area contributed by atoms with Gasteiger partial charge in [0.25, 0.3) is 0 Å². The minimum absolute atomic E-state index is 0.195. The van der Waals surface area contributed by atoms with Crippen molar-refractivity contribution in [3.8, 4) is 22.3 Å². The van der Waals surface area contributed by atoms with Crippen LogP contribution in [0.3, 0.4) is 0 Å². The summed E-state index contributed by atoms with van der Waals surface area (Å²) in [7, 11) is -0.292. The van der Waals surface area contributed by atoms with Gasteiger partial charge in [0.15, 0.2) is 0 Å². The molecule has 5 rings (SSSR count). The van der Waals surface area contributed by atoms with Crippen LogP contribution in [-0.2, 0) is 9.31 Å². The summed E-state index contributed by atoms with van der Waals surface area (Å²) in [5.41, 5.74) is 5.05. The van der Waals surface area contributed by atoms with E-state index in [1.807, 2.05) is 36.4 Å². The van der Waals surface area contributed by atoms with E-state index < -0.39 is 0 Å². The van der Waals surface area contributed by atoms with Gasteiger partial charge in [-0.2, -0.15) is 0 Å². The van der Waals surface area contributed by atoms with Crippen LogP contribution in [0, 0.1) is 5.82 Å². The van der Waals surface area contributed by atoms with E-state index in [4.69, 9.17) is 9.31 Å². The van der Waals surface area contributed by atoms with E-state index in [9.17, 15) is 4.39 Å². The van der Waals surface area contributed by atoms with Crippen molar-refractivity contribution >= 4 is 12.6 Å². The molecule has 0 radical (unpaired) electrons. The Kier molecular flexibility index (Phi) is 7.01. The summed E-state index contributed by atoms with van der Waals surface area (Å²) >= 11 is 0. The van der Waals surface area contributed by atoms with Crippen LogP contribution in [0.15, 0.2) is 109 Å². The maximum Gasteiger partial charge on any atom is 0.494 e. The van der Waals surface area contributed by atoms with Gasteiger partial charge in [-0.25, -0.2) is 4.39 Å². The molecule has 0 bridgehead atoms. The Morgan fingerprint density at radius 3 is 1.26 bits per heavy atom. The van der Waals surface area contributed by atoms with E-state index in [1.165, 1.54) is 23.3 Å². The number of halogens is 1. The van der Waals surface area contributed by atoms with Crippen molar-refractivity contribution in [2.24, 2.45) is 0 Å². The molecule has 172 valence electrons. The third-order valence-electron chi connectivity index (χ3n) is 6.49. The first-order valence-corrected chi connectivity index (χ1v) is 11.6. The summed E-state index contributed by atoms with van der Waals surface area (Å²) in [5.74, 6) is -0.195. The molecule has 4 heteroatoms. The smallest absolute Gasteiger partial charge is 0.399 e. The molecule has 0 amide bonds. The summed E-state index contributed by atoms with van der Waals surface area (Å²) in [6.45, 7) is 8.30. The minimum atomic E-state index is -0.296. The standard InChI is InChI=1S/C18H21BO2.C12H9F/c1-17(2)18(3,4)21-19(20-17)16-12-10-15(11-13-16)14-8-6-5-7-9-14;13-12-8-6-11(7-9-12)10-4-2-1-3-5-10/h5-13H,1-4H3;1-9H/i;13-1. The fourth-order valence-corrected chi connectivity index (χ4v) is 3.72. The van der Waals surface area contributed by atoms with Crippen LogP contribution in [0.5, 0.6) is 0 Å². The van der Waals surface area contributed by atoms with Crippen LogP contribution in [0.4, 0.5) is 4.39 Å². The van der Waals surface area contributed by atoms with Gasteiger partial charge in [0.1, 0.15) is 5.82 Å². The van der Waals surface area contributed by atoms with Gasteiger partial charge in [-0.05, 0) is 67.5 Å². The molecule has 0 saturated carbocycles. The molecule has 1 aliphatic rings. The van der Waals surface area contributed by atoms with Crippen molar-refractivity contribution in [1.29, 1.82) is 0 Å². The highest BCUT2D eigenvalue weighted by Gasteiger charge is 2.51. The van der Waals surface area contributed by atoms with Gasteiger partial charge < -0.3 is 9.31 Å². The van der Waals surface area contributed by atoms with E-state index in [1.54, 1.807) is 12.1 Å². The van der Waals surface area contributed by atoms with Crippen molar-refractivity contribution < 1.29 is 13.7 Å². The molecule has 0 aliphatic carbocycles. The van der Waals surface area contributed by atoms with Gasteiger partial charge in [-0.15, -0.1) is 0 Å². The van der Waals surface area contributed by atoms with Crippen molar-refractivity contribution in [3.05, 3.63) is 115 Å². The highest BCUT2D eigenvalue weighted by molar-refractivity contribution is 6.62. The molecule has 1 fully saturated rings. The lowest BCUT2D eigenvalue weighted by Crippen LogP contribution is -2.41. The quantitative estimate of drug-likeness (QED) is 0.308. The molecule has 0 unspecified atom stereocenters. The van der Waals surface area contributed by atoms with Crippen LogP contribution < -0.4 is 5.46 Å². The fourth-order valence-electron chi connectivity index (χ4n) is 3.72.